The van der Waals surface area contributed by atoms with Crippen LogP contribution in [0, 0.1) is 0 Å². The number of hydrogen-bond acceptors (Lipinski definition) is 6. The molecule has 0 radical (unpaired) electrons. The molecule has 0 aliphatic heterocycles. The lowest BCUT2D eigenvalue weighted by Crippen LogP contribution is -1.83. The first kappa shape index (κ1) is 12.1. The summed E-state index contributed by atoms with van der Waals surface area (Å²) in [5.41, 5.74) is 2.08. The monoisotopic (exact) mass is 315 g/mol. The Bertz CT molecular complexity index is 741. The summed E-state index contributed by atoms with van der Waals surface area (Å²) in [4.78, 5) is 9.12. The molecule has 2 aromatic heterocycles. The molecule has 0 aliphatic rings. The van der Waals surface area contributed by atoms with Crippen LogP contribution in [0.3, 0.4) is 0 Å². The molecule has 2 heterocycles. The molecule has 0 aliphatic carbocycles. The van der Waals surface area contributed by atoms with E-state index in [1.807, 2.05) is 36.4 Å². The first-order chi connectivity index (χ1) is 9.88. The summed E-state index contributed by atoms with van der Waals surface area (Å²) in [6.45, 7) is 0. The lowest BCUT2D eigenvalue weighted by atomic mass is 10.3. The fourth-order valence-corrected chi connectivity index (χ4v) is 4.53. The number of anilines is 1. The van der Waals surface area contributed by atoms with Crippen LogP contribution in [0.2, 0.25) is 0 Å². The van der Waals surface area contributed by atoms with Crippen LogP contribution in [0.15, 0.2) is 52.9 Å². The zero-order valence-electron chi connectivity index (χ0n) is 10.2. The number of para-hydroxylation sites is 2. The van der Waals surface area contributed by atoms with Crippen molar-refractivity contribution in [2.45, 2.75) is 4.34 Å². The Morgan fingerprint density at radius 1 is 0.800 bits per heavy atom. The highest BCUT2D eigenvalue weighted by atomic mass is 32.2. The third-order valence-corrected chi connectivity index (χ3v) is 5.77. The van der Waals surface area contributed by atoms with Crippen LogP contribution in [0.25, 0.3) is 20.4 Å². The van der Waals surface area contributed by atoms with Crippen molar-refractivity contribution in [2.75, 3.05) is 4.72 Å². The fourth-order valence-electron chi connectivity index (χ4n) is 1.90. The Balaban J connectivity index is 1.57. The summed E-state index contributed by atoms with van der Waals surface area (Å²) in [5, 5.41) is 0.912. The minimum Gasteiger partial charge on any atom is -0.300 e. The van der Waals surface area contributed by atoms with Crippen molar-refractivity contribution in [3.8, 4) is 0 Å². The molecule has 0 amide bonds. The number of aromatic nitrogens is 2. The van der Waals surface area contributed by atoms with E-state index in [1.54, 1.807) is 22.7 Å². The van der Waals surface area contributed by atoms with Gasteiger partial charge >= 0.3 is 0 Å². The molecule has 98 valence electrons. The number of nitrogens with one attached hydrogen (secondary N) is 1. The van der Waals surface area contributed by atoms with Crippen molar-refractivity contribution in [1.29, 1.82) is 0 Å². The van der Waals surface area contributed by atoms with E-state index in [9.17, 15) is 0 Å². The summed E-state index contributed by atoms with van der Waals surface area (Å²) in [6, 6.07) is 16.3. The molecular weight excluding hydrogens is 306 g/mol. The number of benzene rings is 2. The van der Waals surface area contributed by atoms with Gasteiger partial charge in [0.1, 0.15) is 0 Å². The molecule has 0 unspecified atom stereocenters. The second-order valence-corrected chi connectivity index (χ2v) is 7.25. The van der Waals surface area contributed by atoms with Gasteiger partial charge in [0.05, 0.1) is 20.4 Å². The Kier molecular flexibility index (Phi) is 3.06. The van der Waals surface area contributed by atoms with E-state index in [-0.39, 0.29) is 0 Å². The molecule has 0 saturated carbocycles. The molecule has 1 N–H and O–H groups in total. The van der Waals surface area contributed by atoms with Crippen molar-refractivity contribution >= 4 is 60.2 Å². The molecule has 4 aromatic rings. The smallest absolute Gasteiger partial charge is 0.194 e. The first-order valence-corrected chi connectivity index (χ1v) is 8.47. The minimum atomic E-state index is 0.912. The van der Waals surface area contributed by atoms with Gasteiger partial charge in [-0.25, -0.2) is 9.97 Å². The predicted molar refractivity (Wildman–Crippen MR) is 88.7 cm³/mol. The van der Waals surface area contributed by atoms with Gasteiger partial charge < -0.3 is 0 Å². The van der Waals surface area contributed by atoms with Crippen molar-refractivity contribution in [3.05, 3.63) is 48.5 Å². The molecule has 0 saturated heterocycles. The van der Waals surface area contributed by atoms with Crippen LogP contribution in [0.1, 0.15) is 0 Å². The summed E-state index contributed by atoms with van der Waals surface area (Å²) >= 11 is 4.87. The average Bonchev–Trinajstić information content (AvgIpc) is 3.07. The summed E-state index contributed by atoms with van der Waals surface area (Å²) < 4.78 is 6.69. The van der Waals surface area contributed by atoms with E-state index < -0.39 is 0 Å². The van der Waals surface area contributed by atoms with Crippen LogP contribution >= 0.6 is 34.6 Å². The second kappa shape index (κ2) is 5.05. The van der Waals surface area contributed by atoms with Gasteiger partial charge in [-0.05, 0) is 24.3 Å². The van der Waals surface area contributed by atoms with Crippen LogP contribution < -0.4 is 4.72 Å². The van der Waals surface area contributed by atoms with Crippen molar-refractivity contribution in [2.24, 2.45) is 0 Å². The molecular formula is C14H9N3S3. The van der Waals surface area contributed by atoms with Gasteiger partial charge in [0.2, 0.25) is 0 Å². The van der Waals surface area contributed by atoms with Crippen LogP contribution in [-0.4, -0.2) is 9.97 Å². The second-order valence-electron chi connectivity index (χ2n) is 4.14. The highest BCUT2D eigenvalue weighted by Gasteiger charge is 2.06. The van der Waals surface area contributed by atoms with E-state index in [0.29, 0.717) is 0 Å². The van der Waals surface area contributed by atoms with E-state index in [4.69, 9.17) is 0 Å². The van der Waals surface area contributed by atoms with Gasteiger partial charge in [-0.15, -0.1) is 11.3 Å². The molecule has 0 fully saturated rings. The molecule has 0 atom stereocenters. The quantitative estimate of drug-likeness (QED) is 0.538. The Labute approximate surface area is 127 Å². The lowest BCUT2D eigenvalue weighted by Gasteiger charge is -1.95. The molecule has 4 rings (SSSR count). The van der Waals surface area contributed by atoms with E-state index in [2.05, 4.69) is 26.8 Å². The first-order valence-electron chi connectivity index (χ1n) is 6.02. The van der Waals surface area contributed by atoms with Crippen LogP contribution in [0.4, 0.5) is 5.13 Å². The number of rotatable bonds is 3. The minimum absolute atomic E-state index is 0.912. The zero-order chi connectivity index (χ0) is 13.4. The number of hydrogen-bond donors (Lipinski definition) is 1. The number of nitrogens with zero attached hydrogens (tertiary/aromatic N) is 2. The van der Waals surface area contributed by atoms with Gasteiger partial charge in [-0.1, -0.05) is 35.6 Å². The Morgan fingerprint density at radius 3 is 2.15 bits per heavy atom. The van der Waals surface area contributed by atoms with Gasteiger partial charge in [-0.2, -0.15) is 0 Å². The lowest BCUT2D eigenvalue weighted by molar-refractivity contribution is 1.31. The van der Waals surface area contributed by atoms with Gasteiger partial charge in [0, 0.05) is 11.9 Å². The van der Waals surface area contributed by atoms with E-state index in [0.717, 1.165) is 20.5 Å². The number of fused-ring (bicyclic) bond motifs is 2. The maximum atomic E-state index is 4.58. The SMILES string of the molecule is c1ccc2sc(NSc3nc4ccccc4s3)nc2c1. The molecule has 6 heteroatoms. The van der Waals surface area contributed by atoms with Crippen LogP contribution in [0.5, 0.6) is 0 Å². The van der Waals surface area contributed by atoms with Crippen LogP contribution in [-0.2, 0) is 0 Å². The average molecular weight is 315 g/mol. The maximum Gasteiger partial charge on any atom is 0.194 e. The molecule has 2 aromatic carbocycles. The van der Waals surface area contributed by atoms with E-state index in [1.165, 1.54) is 21.3 Å². The van der Waals surface area contributed by atoms with Gasteiger partial charge in [0.15, 0.2) is 9.47 Å². The summed E-state index contributed by atoms with van der Waals surface area (Å²) in [6.07, 6.45) is 0. The highest BCUT2D eigenvalue weighted by molar-refractivity contribution is 8.02. The van der Waals surface area contributed by atoms with E-state index >= 15 is 0 Å². The van der Waals surface area contributed by atoms with Crippen molar-refractivity contribution in [3.63, 3.8) is 0 Å². The third kappa shape index (κ3) is 2.26. The maximum absolute atomic E-state index is 4.58. The zero-order valence-corrected chi connectivity index (χ0v) is 12.7. The molecule has 0 spiro atoms. The normalized spacial score (nSPS) is 11.2. The summed E-state index contributed by atoms with van der Waals surface area (Å²) in [7, 11) is 0. The topological polar surface area (TPSA) is 37.8 Å². The molecule has 20 heavy (non-hydrogen) atoms. The standard InChI is InChI=1S/C14H9N3S3/c1-3-7-11-9(5-1)15-13(18-11)17-20-14-16-10-6-2-4-8-12(10)19-14/h1-8H,(H,15,17). The molecule has 0 bridgehead atoms. The fraction of sp³-hybridized carbons (Fsp3) is 0. The van der Waals surface area contributed by atoms with Crippen molar-refractivity contribution in [1.82, 2.24) is 9.97 Å². The summed E-state index contributed by atoms with van der Waals surface area (Å²) in [5.74, 6) is 0. The Hall–Kier alpha value is -1.63. The number of thiazole rings is 2. The van der Waals surface area contributed by atoms with Gasteiger partial charge in [-0.3, -0.25) is 4.72 Å². The highest BCUT2D eigenvalue weighted by Crippen LogP contribution is 2.32. The Morgan fingerprint density at radius 2 is 1.45 bits per heavy atom. The van der Waals surface area contributed by atoms with Crippen molar-refractivity contribution < 1.29 is 0 Å². The predicted octanol–water partition coefficient (Wildman–Crippen LogP) is 5.03. The third-order valence-electron chi connectivity index (χ3n) is 2.79. The molecule has 3 nitrogen and oxygen atoms in total. The largest absolute Gasteiger partial charge is 0.300 e. The van der Waals surface area contributed by atoms with Gasteiger partial charge in [0.25, 0.3) is 0 Å².